The van der Waals surface area contributed by atoms with Crippen LogP contribution in [0.2, 0.25) is 0 Å². The van der Waals surface area contributed by atoms with E-state index in [9.17, 15) is 0 Å². The van der Waals surface area contributed by atoms with Crippen molar-refractivity contribution in [1.29, 1.82) is 0 Å². The standard InChI is InChI=1S/C15H11BrN4/c1-9-17-11-6-5-10(8-12(11)18-9)15-19-14(16)13-4-2-3-7-20(13)15/h2-8H,1H3,(H,17,18). The Kier molecular flexibility index (Phi) is 2.44. The molecule has 3 aromatic heterocycles. The summed E-state index contributed by atoms with van der Waals surface area (Å²) < 4.78 is 2.93. The largest absolute Gasteiger partial charge is 0.342 e. The molecule has 98 valence electrons. The van der Waals surface area contributed by atoms with E-state index in [-0.39, 0.29) is 0 Å². The summed E-state index contributed by atoms with van der Waals surface area (Å²) in [7, 11) is 0. The average Bonchev–Trinajstić information content (AvgIpc) is 2.98. The first-order chi connectivity index (χ1) is 9.72. The van der Waals surface area contributed by atoms with Gasteiger partial charge in [-0.3, -0.25) is 4.40 Å². The molecule has 0 saturated heterocycles. The predicted molar refractivity (Wildman–Crippen MR) is 82.7 cm³/mol. The van der Waals surface area contributed by atoms with Crippen LogP contribution in [-0.2, 0) is 0 Å². The lowest BCUT2D eigenvalue weighted by Gasteiger charge is -2.01. The van der Waals surface area contributed by atoms with Crippen LogP contribution in [0.4, 0.5) is 0 Å². The zero-order valence-electron chi connectivity index (χ0n) is 10.8. The van der Waals surface area contributed by atoms with Gasteiger partial charge in [0.05, 0.1) is 16.6 Å². The van der Waals surface area contributed by atoms with Crippen molar-refractivity contribution in [3.05, 3.63) is 53.0 Å². The highest BCUT2D eigenvalue weighted by molar-refractivity contribution is 9.10. The minimum atomic E-state index is 0.856. The van der Waals surface area contributed by atoms with E-state index in [0.717, 1.165) is 38.4 Å². The molecule has 1 aromatic carbocycles. The number of benzene rings is 1. The number of nitrogens with zero attached hydrogens (tertiary/aromatic N) is 3. The Balaban J connectivity index is 2.00. The minimum absolute atomic E-state index is 0.856. The summed E-state index contributed by atoms with van der Waals surface area (Å²) in [4.78, 5) is 12.3. The predicted octanol–water partition coefficient (Wildman–Crippen LogP) is 3.95. The van der Waals surface area contributed by atoms with Crippen molar-refractivity contribution in [2.45, 2.75) is 6.92 Å². The molecule has 0 aliphatic rings. The molecule has 0 saturated carbocycles. The number of pyridine rings is 1. The Labute approximate surface area is 123 Å². The molecule has 0 aliphatic carbocycles. The summed E-state index contributed by atoms with van der Waals surface area (Å²) >= 11 is 3.52. The number of aromatic amines is 1. The molecule has 0 aliphatic heterocycles. The molecule has 0 fully saturated rings. The van der Waals surface area contributed by atoms with Crippen molar-refractivity contribution in [1.82, 2.24) is 19.4 Å². The summed E-state index contributed by atoms with van der Waals surface area (Å²) in [6.45, 7) is 1.96. The molecule has 20 heavy (non-hydrogen) atoms. The quantitative estimate of drug-likeness (QED) is 0.575. The fraction of sp³-hybridized carbons (Fsp3) is 0.0667. The zero-order chi connectivity index (χ0) is 13.7. The smallest absolute Gasteiger partial charge is 0.145 e. The third-order valence-electron chi connectivity index (χ3n) is 3.36. The van der Waals surface area contributed by atoms with Gasteiger partial charge in [0.2, 0.25) is 0 Å². The van der Waals surface area contributed by atoms with Gasteiger partial charge in [0, 0.05) is 11.8 Å². The lowest BCUT2D eigenvalue weighted by Crippen LogP contribution is -1.88. The van der Waals surface area contributed by atoms with Crippen LogP contribution in [0.25, 0.3) is 27.9 Å². The number of nitrogens with one attached hydrogen (secondary N) is 1. The third kappa shape index (κ3) is 1.67. The summed E-state index contributed by atoms with van der Waals surface area (Å²) in [5, 5.41) is 0. The average molecular weight is 327 g/mol. The summed E-state index contributed by atoms with van der Waals surface area (Å²) in [6.07, 6.45) is 2.02. The fourth-order valence-electron chi connectivity index (χ4n) is 2.48. The molecule has 0 atom stereocenters. The van der Waals surface area contributed by atoms with Crippen molar-refractivity contribution in [2.24, 2.45) is 0 Å². The molecule has 4 rings (SSSR count). The number of aryl methyl sites for hydroxylation is 1. The zero-order valence-corrected chi connectivity index (χ0v) is 12.3. The number of hydrogen-bond acceptors (Lipinski definition) is 2. The van der Waals surface area contributed by atoms with Gasteiger partial charge in [-0.15, -0.1) is 0 Å². The molecule has 1 N–H and O–H groups in total. The van der Waals surface area contributed by atoms with Crippen LogP contribution in [-0.4, -0.2) is 19.4 Å². The van der Waals surface area contributed by atoms with Crippen LogP contribution in [0.1, 0.15) is 5.82 Å². The first kappa shape index (κ1) is 11.7. The number of fused-ring (bicyclic) bond motifs is 2. The van der Waals surface area contributed by atoms with Crippen LogP contribution in [0.3, 0.4) is 0 Å². The molecule has 4 aromatic rings. The lowest BCUT2D eigenvalue weighted by molar-refractivity contribution is 1.16. The molecular weight excluding hydrogens is 316 g/mol. The van der Waals surface area contributed by atoms with Gasteiger partial charge in [0.25, 0.3) is 0 Å². The molecule has 0 spiro atoms. The summed E-state index contributed by atoms with van der Waals surface area (Å²) in [5.41, 5.74) is 4.13. The molecule has 3 heterocycles. The van der Waals surface area contributed by atoms with E-state index < -0.39 is 0 Å². The number of hydrogen-bond donors (Lipinski definition) is 1. The van der Waals surface area contributed by atoms with E-state index in [1.54, 1.807) is 0 Å². The van der Waals surface area contributed by atoms with Crippen LogP contribution in [0, 0.1) is 6.92 Å². The monoisotopic (exact) mass is 326 g/mol. The molecule has 0 radical (unpaired) electrons. The van der Waals surface area contributed by atoms with E-state index in [1.807, 2.05) is 37.4 Å². The third-order valence-corrected chi connectivity index (χ3v) is 3.95. The minimum Gasteiger partial charge on any atom is -0.342 e. The van der Waals surface area contributed by atoms with Crippen molar-refractivity contribution >= 4 is 32.5 Å². The summed E-state index contributed by atoms with van der Waals surface area (Å²) in [6, 6.07) is 12.2. The van der Waals surface area contributed by atoms with Gasteiger partial charge in [-0.05, 0) is 53.2 Å². The van der Waals surface area contributed by atoms with Crippen molar-refractivity contribution in [3.63, 3.8) is 0 Å². The topological polar surface area (TPSA) is 46.0 Å². The van der Waals surface area contributed by atoms with Gasteiger partial charge in [-0.1, -0.05) is 6.07 Å². The molecule has 0 bridgehead atoms. The first-order valence-corrected chi connectivity index (χ1v) is 7.11. The SMILES string of the molecule is Cc1nc2ccc(-c3nc(Br)c4ccccn34)cc2[nH]1. The van der Waals surface area contributed by atoms with Crippen LogP contribution < -0.4 is 0 Å². The second kappa shape index (κ2) is 4.18. The van der Waals surface area contributed by atoms with Gasteiger partial charge in [0.15, 0.2) is 0 Å². The van der Waals surface area contributed by atoms with Gasteiger partial charge < -0.3 is 4.98 Å². The van der Waals surface area contributed by atoms with Crippen LogP contribution >= 0.6 is 15.9 Å². The number of imidazole rings is 2. The Bertz CT molecular complexity index is 936. The molecular formula is C15H11BrN4. The van der Waals surface area contributed by atoms with E-state index >= 15 is 0 Å². The maximum atomic E-state index is 4.62. The van der Waals surface area contributed by atoms with Crippen molar-refractivity contribution in [2.75, 3.05) is 0 Å². The van der Waals surface area contributed by atoms with Crippen LogP contribution in [0.5, 0.6) is 0 Å². The van der Waals surface area contributed by atoms with Gasteiger partial charge >= 0.3 is 0 Å². The lowest BCUT2D eigenvalue weighted by atomic mass is 10.2. The van der Waals surface area contributed by atoms with Crippen molar-refractivity contribution in [3.8, 4) is 11.4 Å². The van der Waals surface area contributed by atoms with E-state index in [1.165, 1.54) is 0 Å². The van der Waals surface area contributed by atoms with Gasteiger partial charge in [0.1, 0.15) is 16.3 Å². The molecule has 0 amide bonds. The Hall–Kier alpha value is -2.14. The van der Waals surface area contributed by atoms with E-state index in [0.29, 0.717) is 0 Å². The molecule has 4 nitrogen and oxygen atoms in total. The Morgan fingerprint density at radius 3 is 2.95 bits per heavy atom. The highest BCUT2D eigenvalue weighted by Crippen LogP contribution is 2.27. The molecule has 0 unspecified atom stereocenters. The highest BCUT2D eigenvalue weighted by Gasteiger charge is 2.11. The second-order valence-corrected chi connectivity index (χ2v) is 5.49. The first-order valence-electron chi connectivity index (χ1n) is 6.32. The fourth-order valence-corrected chi connectivity index (χ4v) is 2.97. The van der Waals surface area contributed by atoms with Crippen molar-refractivity contribution < 1.29 is 0 Å². The highest BCUT2D eigenvalue weighted by atomic mass is 79.9. The van der Waals surface area contributed by atoms with Gasteiger partial charge in [-0.25, -0.2) is 9.97 Å². The normalized spacial score (nSPS) is 11.5. The maximum Gasteiger partial charge on any atom is 0.145 e. The van der Waals surface area contributed by atoms with Gasteiger partial charge in [-0.2, -0.15) is 0 Å². The summed E-state index contributed by atoms with van der Waals surface area (Å²) in [5.74, 6) is 1.84. The second-order valence-electron chi connectivity index (χ2n) is 4.74. The number of aromatic nitrogens is 4. The van der Waals surface area contributed by atoms with Crippen LogP contribution in [0.15, 0.2) is 47.2 Å². The van der Waals surface area contributed by atoms with E-state index in [4.69, 9.17) is 0 Å². The Morgan fingerprint density at radius 2 is 2.05 bits per heavy atom. The number of halogens is 1. The molecule has 5 heteroatoms. The number of rotatable bonds is 1. The van der Waals surface area contributed by atoms with E-state index in [2.05, 4.69) is 47.4 Å². The number of H-pyrrole nitrogens is 1. The Morgan fingerprint density at radius 1 is 1.15 bits per heavy atom. The maximum absolute atomic E-state index is 4.62.